The molecular weight excluding hydrogens is 228 g/mol. The lowest BCUT2D eigenvalue weighted by Gasteiger charge is -2.12. The van der Waals surface area contributed by atoms with E-state index in [1.807, 2.05) is 0 Å². The Bertz CT molecular complexity index is 349. The first-order valence-electron chi connectivity index (χ1n) is 4.52. The van der Waals surface area contributed by atoms with Gasteiger partial charge in [-0.3, -0.25) is 0 Å². The molecule has 0 aliphatic rings. The van der Waals surface area contributed by atoms with Crippen LogP contribution >= 0.6 is 0 Å². The molecule has 1 N–H and O–H groups in total. The molecular formula is C10H10F4O2. The first kappa shape index (κ1) is 12.8. The average Bonchev–Trinajstić information content (AvgIpc) is 2.18. The molecule has 1 aromatic rings. The van der Waals surface area contributed by atoms with E-state index in [9.17, 15) is 17.6 Å². The molecule has 0 heterocycles. The summed E-state index contributed by atoms with van der Waals surface area (Å²) in [4.78, 5) is 0. The van der Waals surface area contributed by atoms with Gasteiger partial charge < -0.3 is 9.84 Å². The summed E-state index contributed by atoms with van der Waals surface area (Å²) < 4.78 is 53.3. The predicted molar refractivity (Wildman–Crippen MR) is 48.5 cm³/mol. The first-order chi connectivity index (χ1) is 7.44. The lowest BCUT2D eigenvalue weighted by molar-refractivity contribution is -0.139. The standard InChI is InChI=1S/C10H10F4O2/c11-8-3-1-2-7(6-15)9(8)16-5-4-10(12,13)14/h1-3,15H,4-6H2. The van der Waals surface area contributed by atoms with E-state index in [0.717, 1.165) is 6.07 Å². The summed E-state index contributed by atoms with van der Waals surface area (Å²) >= 11 is 0. The van der Waals surface area contributed by atoms with Crippen LogP contribution in [0, 0.1) is 5.82 Å². The van der Waals surface area contributed by atoms with Crippen LogP contribution in [0.25, 0.3) is 0 Å². The number of rotatable bonds is 4. The highest BCUT2D eigenvalue weighted by Crippen LogP contribution is 2.25. The van der Waals surface area contributed by atoms with Crippen molar-refractivity contribution < 1.29 is 27.4 Å². The highest BCUT2D eigenvalue weighted by atomic mass is 19.4. The molecule has 0 unspecified atom stereocenters. The van der Waals surface area contributed by atoms with Crippen molar-refractivity contribution >= 4 is 0 Å². The van der Waals surface area contributed by atoms with Gasteiger partial charge in [-0.1, -0.05) is 12.1 Å². The maximum absolute atomic E-state index is 13.1. The van der Waals surface area contributed by atoms with Gasteiger partial charge in [-0.2, -0.15) is 13.2 Å². The number of halogens is 4. The summed E-state index contributed by atoms with van der Waals surface area (Å²) in [5, 5.41) is 8.83. The summed E-state index contributed by atoms with van der Waals surface area (Å²) in [5.74, 6) is -1.11. The van der Waals surface area contributed by atoms with Crippen molar-refractivity contribution in [2.75, 3.05) is 6.61 Å². The Kier molecular flexibility index (Phi) is 4.12. The van der Waals surface area contributed by atoms with Crippen LogP contribution in [-0.4, -0.2) is 17.9 Å². The summed E-state index contributed by atoms with van der Waals surface area (Å²) in [6.07, 6.45) is -5.50. The minimum Gasteiger partial charge on any atom is -0.490 e. The molecule has 90 valence electrons. The molecule has 0 fully saturated rings. The smallest absolute Gasteiger partial charge is 0.392 e. The number of ether oxygens (including phenoxy) is 1. The van der Waals surface area contributed by atoms with E-state index in [1.54, 1.807) is 0 Å². The van der Waals surface area contributed by atoms with E-state index in [2.05, 4.69) is 4.74 Å². The molecule has 0 atom stereocenters. The van der Waals surface area contributed by atoms with Gasteiger partial charge in [0.25, 0.3) is 0 Å². The van der Waals surface area contributed by atoms with E-state index in [0.29, 0.717) is 0 Å². The monoisotopic (exact) mass is 238 g/mol. The van der Waals surface area contributed by atoms with E-state index in [1.165, 1.54) is 12.1 Å². The topological polar surface area (TPSA) is 29.5 Å². The van der Waals surface area contributed by atoms with Crippen LogP contribution in [0.3, 0.4) is 0 Å². The summed E-state index contributed by atoms with van der Waals surface area (Å²) in [6, 6.07) is 3.78. The second kappa shape index (κ2) is 5.16. The van der Waals surface area contributed by atoms with E-state index in [4.69, 9.17) is 5.11 Å². The molecule has 1 rings (SSSR count). The van der Waals surface area contributed by atoms with Crippen molar-refractivity contribution in [1.82, 2.24) is 0 Å². The third-order valence-corrected chi connectivity index (χ3v) is 1.85. The Morgan fingerprint density at radius 3 is 2.50 bits per heavy atom. The lowest BCUT2D eigenvalue weighted by Crippen LogP contribution is -2.14. The van der Waals surface area contributed by atoms with Crippen molar-refractivity contribution in [3.63, 3.8) is 0 Å². The van der Waals surface area contributed by atoms with Gasteiger partial charge in [-0.05, 0) is 6.07 Å². The lowest BCUT2D eigenvalue weighted by atomic mass is 10.2. The fraction of sp³-hybridized carbons (Fsp3) is 0.400. The van der Waals surface area contributed by atoms with Gasteiger partial charge in [-0.15, -0.1) is 0 Å². The number of hydrogen-bond donors (Lipinski definition) is 1. The number of alkyl halides is 3. The third-order valence-electron chi connectivity index (χ3n) is 1.85. The molecule has 0 amide bonds. The maximum Gasteiger partial charge on any atom is 0.392 e. The SMILES string of the molecule is OCc1cccc(F)c1OCCC(F)(F)F. The van der Waals surface area contributed by atoms with Gasteiger partial charge >= 0.3 is 6.18 Å². The van der Waals surface area contributed by atoms with Gasteiger partial charge in [0.15, 0.2) is 11.6 Å². The quantitative estimate of drug-likeness (QED) is 0.817. The molecule has 2 nitrogen and oxygen atoms in total. The van der Waals surface area contributed by atoms with Crippen LogP contribution in [0.2, 0.25) is 0 Å². The van der Waals surface area contributed by atoms with Crippen molar-refractivity contribution in [3.8, 4) is 5.75 Å². The number of aliphatic hydroxyl groups is 1. The Morgan fingerprint density at radius 2 is 1.94 bits per heavy atom. The number of hydrogen-bond acceptors (Lipinski definition) is 2. The molecule has 16 heavy (non-hydrogen) atoms. The Labute approximate surface area is 89.5 Å². The van der Waals surface area contributed by atoms with Crippen LogP contribution in [-0.2, 0) is 6.61 Å². The van der Waals surface area contributed by atoms with Crippen LogP contribution in [0.15, 0.2) is 18.2 Å². The van der Waals surface area contributed by atoms with Crippen LogP contribution < -0.4 is 4.74 Å². The highest BCUT2D eigenvalue weighted by molar-refractivity contribution is 5.34. The zero-order chi connectivity index (χ0) is 12.2. The minimum absolute atomic E-state index is 0.127. The summed E-state index contributed by atoms with van der Waals surface area (Å²) in [5.41, 5.74) is 0.127. The van der Waals surface area contributed by atoms with E-state index >= 15 is 0 Å². The zero-order valence-corrected chi connectivity index (χ0v) is 8.22. The first-order valence-corrected chi connectivity index (χ1v) is 4.52. The third kappa shape index (κ3) is 3.69. The van der Waals surface area contributed by atoms with Gasteiger partial charge in [-0.25, -0.2) is 4.39 Å². The molecule has 0 bridgehead atoms. The van der Waals surface area contributed by atoms with Gasteiger partial charge in [0, 0.05) is 5.56 Å². The number of benzene rings is 1. The highest BCUT2D eigenvalue weighted by Gasteiger charge is 2.27. The van der Waals surface area contributed by atoms with Gasteiger partial charge in [0.05, 0.1) is 19.6 Å². The van der Waals surface area contributed by atoms with Crippen LogP contribution in [0.1, 0.15) is 12.0 Å². The largest absolute Gasteiger partial charge is 0.490 e. The van der Waals surface area contributed by atoms with Crippen molar-refractivity contribution in [2.45, 2.75) is 19.2 Å². The second-order valence-corrected chi connectivity index (χ2v) is 3.10. The zero-order valence-electron chi connectivity index (χ0n) is 8.22. The molecule has 0 aliphatic carbocycles. The van der Waals surface area contributed by atoms with Crippen molar-refractivity contribution in [1.29, 1.82) is 0 Å². The Hall–Kier alpha value is -1.30. The summed E-state index contributed by atoms with van der Waals surface area (Å²) in [6.45, 7) is -1.16. The Balaban J connectivity index is 2.66. The van der Waals surface area contributed by atoms with Crippen molar-refractivity contribution in [3.05, 3.63) is 29.6 Å². The van der Waals surface area contributed by atoms with E-state index in [-0.39, 0.29) is 11.3 Å². The van der Waals surface area contributed by atoms with Gasteiger partial charge in [0.1, 0.15) is 0 Å². The molecule has 0 aliphatic heterocycles. The van der Waals surface area contributed by atoms with Gasteiger partial charge in [0.2, 0.25) is 0 Å². The minimum atomic E-state index is -4.34. The fourth-order valence-corrected chi connectivity index (χ4v) is 1.11. The average molecular weight is 238 g/mol. The molecule has 0 saturated carbocycles. The molecule has 1 aromatic carbocycles. The second-order valence-electron chi connectivity index (χ2n) is 3.10. The van der Waals surface area contributed by atoms with Crippen LogP contribution in [0.5, 0.6) is 5.75 Å². The fourth-order valence-electron chi connectivity index (χ4n) is 1.11. The predicted octanol–water partition coefficient (Wildman–Crippen LogP) is 2.65. The maximum atomic E-state index is 13.1. The molecule has 0 radical (unpaired) electrons. The van der Waals surface area contributed by atoms with Crippen molar-refractivity contribution in [2.24, 2.45) is 0 Å². The Morgan fingerprint density at radius 1 is 1.25 bits per heavy atom. The molecule has 0 spiro atoms. The molecule has 0 saturated heterocycles. The molecule has 0 aromatic heterocycles. The normalized spacial score (nSPS) is 11.6. The molecule has 6 heteroatoms. The number of aliphatic hydroxyl groups excluding tert-OH is 1. The van der Waals surface area contributed by atoms with E-state index < -0.39 is 31.6 Å². The summed E-state index contributed by atoms with van der Waals surface area (Å²) in [7, 11) is 0. The van der Waals surface area contributed by atoms with Crippen LogP contribution in [0.4, 0.5) is 17.6 Å². The number of para-hydroxylation sites is 1.